The van der Waals surface area contributed by atoms with Gasteiger partial charge < -0.3 is 42.2 Å². The Morgan fingerprint density at radius 1 is 1.05 bits per heavy atom. The van der Waals surface area contributed by atoms with Gasteiger partial charge in [-0.3, -0.25) is 19.4 Å². The van der Waals surface area contributed by atoms with E-state index in [0.717, 1.165) is 5.56 Å². The highest BCUT2D eigenvalue weighted by Gasteiger charge is 2.35. The van der Waals surface area contributed by atoms with Gasteiger partial charge in [-0.15, -0.1) is 0 Å². The third-order valence-electron chi connectivity index (χ3n) is 6.45. The molecule has 2 aromatic rings. The molecule has 0 bridgehead atoms. The fourth-order valence-electron chi connectivity index (χ4n) is 4.32. The van der Waals surface area contributed by atoms with Crippen molar-refractivity contribution in [1.29, 1.82) is 0 Å². The molecule has 0 saturated carbocycles. The minimum absolute atomic E-state index is 0.0633. The standard InChI is InChI=1S/C28H37N7O6/c29-27(30)31-14-4-8-22(25(38)33-21-12-10-19(17-36)11-13-21)34-26(39)23-9-5-15-35(23)24(37)16-32-28(40)41-18-20-6-2-1-3-7-20/h1-3,6-7,10-13,22-23,36H,4-5,8-9,14-18H2,(H,32,40)(H,33,38)(H,34,39)(H4,29,30,31)/t22-,23-/m0/s1. The Labute approximate surface area is 238 Å². The maximum atomic E-state index is 13.3. The lowest BCUT2D eigenvalue weighted by Crippen LogP contribution is -2.53. The highest BCUT2D eigenvalue weighted by atomic mass is 16.5. The van der Waals surface area contributed by atoms with E-state index in [9.17, 15) is 24.3 Å². The molecule has 41 heavy (non-hydrogen) atoms. The van der Waals surface area contributed by atoms with Crippen molar-refractivity contribution >= 4 is 35.5 Å². The molecule has 0 aliphatic carbocycles. The summed E-state index contributed by atoms with van der Waals surface area (Å²) in [5.41, 5.74) is 12.8. The number of alkyl carbamates (subject to hydrolysis) is 1. The first-order valence-electron chi connectivity index (χ1n) is 13.4. The molecule has 0 unspecified atom stereocenters. The molecule has 8 N–H and O–H groups in total. The minimum Gasteiger partial charge on any atom is -0.445 e. The summed E-state index contributed by atoms with van der Waals surface area (Å²) in [5, 5.41) is 17.2. The number of carbonyl (C=O) groups excluding carboxylic acids is 4. The highest BCUT2D eigenvalue weighted by Crippen LogP contribution is 2.18. The number of aliphatic imine (C=N–C) groups is 1. The van der Waals surface area contributed by atoms with Crippen LogP contribution in [-0.4, -0.2) is 71.5 Å². The number of guanidine groups is 1. The second-order valence-corrected chi connectivity index (χ2v) is 9.51. The number of hydrogen-bond acceptors (Lipinski definition) is 7. The zero-order chi connectivity index (χ0) is 29.6. The SMILES string of the molecule is NC(N)=NCCC[C@H](NC(=O)[C@@H]1CCCN1C(=O)CNC(=O)OCc1ccccc1)C(=O)Nc1ccc(CO)cc1. The Balaban J connectivity index is 1.56. The summed E-state index contributed by atoms with van der Waals surface area (Å²) in [6, 6.07) is 14.1. The molecule has 0 radical (unpaired) electrons. The van der Waals surface area contributed by atoms with Crippen LogP contribution < -0.4 is 27.4 Å². The average Bonchev–Trinajstić information content (AvgIpc) is 3.47. The molecule has 220 valence electrons. The Bertz CT molecular complexity index is 1200. The lowest BCUT2D eigenvalue weighted by molar-refractivity contribution is -0.138. The van der Waals surface area contributed by atoms with Gasteiger partial charge in [0.1, 0.15) is 25.2 Å². The molecule has 2 aromatic carbocycles. The third kappa shape index (κ3) is 10.1. The molecule has 2 atom stereocenters. The van der Waals surface area contributed by atoms with Crippen LogP contribution in [0.25, 0.3) is 0 Å². The van der Waals surface area contributed by atoms with Gasteiger partial charge in [-0.2, -0.15) is 0 Å². The molecular formula is C28H37N7O6. The number of nitrogens with two attached hydrogens (primary N) is 2. The third-order valence-corrected chi connectivity index (χ3v) is 6.45. The monoisotopic (exact) mass is 567 g/mol. The first-order valence-corrected chi connectivity index (χ1v) is 13.4. The summed E-state index contributed by atoms with van der Waals surface area (Å²) >= 11 is 0. The highest BCUT2D eigenvalue weighted by molar-refractivity contribution is 5.98. The van der Waals surface area contributed by atoms with Gasteiger partial charge in [-0.05, 0) is 48.9 Å². The summed E-state index contributed by atoms with van der Waals surface area (Å²) in [6.45, 7) is 0.222. The smallest absolute Gasteiger partial charge is 0.407 e. The van der Waals surface area contributed by atoms with Crippen LogP contribution in [0, 0.1) is 0 Å². The van der Waals surface area contributed by atoms with Gasteiger partial charge >= 0.3 is 6.09 Å². The van der Waals surface area contributed by atoms with Crippen LogP contribution in [0.2, 0.25) is 0 Å². The predicted octanol–water partition coefficient (Wildman–Crippen LogP) is 0.573. The van der Waals surface area contributed by atoms with E-state index in [1.54, 1.807) is 24.3 Å². The Morgan fingerprint density at radius 2 is 1.78 bits per heavy atom. The van der Waals surface area contributed by atoms with Crippen molar-refractivity contribution in [3.05, 3.63) is 65.7 Å². The number of aliphatic hydroxyl groups is 1. The van der Waals surface area contributed by atoms with Crippen molar-refractivity contribution < 1.29 is 29.0 Å². The van der Waals surface area contributed by atoms with E-state index in [4.69, 9.17) is 16.2 Å². The summed E-state index contributed by atoms with van der Waals surface area (Å²) in [6.07, 6.45) is 0.939. The number of anilines is 1. The quantitative estimate of drug-likeness (QED) is 0.115. The normalized spacial score (nSPS) is 15.0. The van der Waals surface area contributed by atoms with Crippen molar-refractivity contribution in [2.24, 2.45) is 16.5 Å². The Kier molecular flexibility index (Phi) is 11.9. The molecule has 13 heteroatoms. The van der Waals surface area contributed by atoms with E-state index >= 15 is 0 Å². The average molecular weight is 568 g/mol. The number of benzene rings is 2. The first kappa shape index (κ1) is 30.9. The second-order valence-electron chi connectivity index (χ2n) is 9.51. The molecule has 3 rings (SSSR count). The van der Waals surface area contributed by atoms with E-state index in [1.165, 1.54) is 4.90 Å². The topological polar surface area (TPSA) is 201 Å². The van der Waals surface area contributed by atoms with Crippen molar-refractivity contribution in [2.75, 3.05) is 25.0 Å². The molecule has 1 fully saturated rings. The zero-order valence-corrected chi connectivity index (χ0v) is 22.8. The molecule has 0 spiro atoms. The van der Waals surface area contributed by atoms with E-state index in [2.05, 4.69) is 20.9 Å². The largest absolute Gasteiger partial charge is 0.445 e. The number of aliphatic hydroxyl groups excluding tert-OH is 1. The van der Waals surface area contributed by atoms with Gasteiger partial charge in [0, 0.05) is 18.8 Å². The van der Waals surface area contributed by atoms with Gasteiger partial charge in [-0.1, -0.05) is 42.5 Å². The van der Waals surface area contributed by atoms with Crippen LogP contribution in [-0.2, 0) is 32.3 Å². The predicted molar refractivity (Wildman–Crippen MR) is 152 cm³/mol. The molecule has 1 aliphatic heterocycles. The van der Waals surface area contributed by atoms with Crippen LogP contribution in [0.1, 0.15) is 36.8 Å². The zero-order valence-electron chi connectivity index (χ0n) is 22.8. The lowest BCUT2D eigenvalue weighted by Gasteiger charge is -2.26. The number of hydrogen-bond donors (Lipinski definition) is 6. The number of amides is 4. The first-order chi connectivity index (χ1) is 19.8. The minimum atomic E-state index is -0.919. The summed E-state index contributed by atoms with van der Waals surface area (Å²) < 4.78 is 5.14. The summed E-state index contributed by atoms with van der Waals surface area (Å²) in [4.78, 5) is 56.6. The number of nitrogens with zero attached hydrogens (tertiary/aromatic N) is 2. The second kappa shape index (κ2) is 15.8. The molecule has 1 heterocycles. The van der Waals surface area contributed by atoms with Gasteiger partial charge in [0.25, 0.3) is 0 Å². The maximum absolute atomic E-state index is 13.3. The molecule has 0 aromatic heterocycles. The molecule has 1 aliphatic rings. The van der Waals surface area contributed by atoms with Crippen molar-refractivity contribution in [3.63, 3.8) is 0 Å². The van der Waals surface area contributed by atoms with Crippen molar-refractivity contribution in [1.82, 2.24) is 15.5 Å². The number of rotatable bonds is 13. The Hall–Kier alpha value is -4.65. The van der Waals surface area contributed by atoms with Crippen LogP contribution in [0.5, 0.6) is 0 Å². The molecule has 13 nitrogen and oxygen atoms in total. The Morgan fingerprint density at radius 3 is 2.46 bits per heavy atom. The summed E-state index contributed by atoms with van der Waals surface area (Å²) in [7, 11) is 0. The van der Waals surface area contributed by atoms with Crippen LogP contribution in [0.15, 0.2) is 59.6 Å². The van der Waals surface area contributed by atoms with E-state index < -0.39 is 35.9 Å². The number of nitrogens with one attached hydrogen (secondary N) is 3. The molecule has 1 saturated heterocycles. The molecular weight excluding hydrogens is 530 g/mol. The maximum Gasteiger partial charge on any atom is 0.407 e. The molecule has 4 amide bonds. The summed E-state index contributed by atoms with van der Waals surface area (Å²) in [5.74, 6) is -1.42. The lowest BCUT2D eigenvalue weighted by atomic mass is 10.1. The fourth-order valence-corrected chi connectivity index (χ4v) is 4.32. The van der Waals surface area contributed by atoms with Gasteiger partial charge in [-0.25, -0.2) is 4.79 Å². The van der Waals surface area contributed by atoms with Gasteiger partial charge in [0.2, 0.25) is 17.7 Å². The van der Waals surface area contributed by atoms with Crippen molar-refractivity contribution in [3.8, 4) is 0 Å². The number of carbonyl (C=O) groups is 4. The van der Waals surface area contributed by atoms with Gasteiger partial charge in [0.05, 0.1) is 6.61 Å². The fraction of sp³-hybridized carbons (Fsp3) is 0.393. The van der Waals surface area contributed by atoms with E-state index in [-0.39, 0.29) is 38.7 Å². The number of ether oxygens (including phenoxy) is 1. The van der Waals surface area contributed by atoms with Crippen molar-refractivity contribution in [2.45, 2.75) is 51.0 Å². The van der Waals surface area contributed by atoms with Gasteiger partial charge in [0.15, 0.2) is 5.96 Å². The van der Waals surface area contributed by atoms with Crippen LogP contribution in [0.3, 0.4) is 0 Å². The number of likely N-dealkylation sites (tertiary alicyclic amines) is 1. The van der Waals surface area contributed by atoms with Crippen LogP contribution in [0.4, 0.5) is 10.5 Å². The van der Waals surface area contributed by atoms with E-state index in [1.807, 2.05) is 30.3 Å². The van der Waals surface area contributed by atoms with Crippen LogP contribution >= 0.6 is 0 Å². The van der Waals surface area contributed by atoms with E-state index in [0.29, 0.717) is 37.1 Å².